The van der Waals surface area contributed by atoms with E-state index in [-0.39, 0.29) is 35.5 Å². The molecule has 256 valence electrons. The van der Waals surface area contributed by atoms with Crippen LogP contribution in [0, 0.1) is 3.57 Å². The predicted octanol–water partition coefficient (Wildman–Crippen LogP) is 4.59. The molecule has 0 radical (unpaired) electrons. The van der Waals surface area contributed by atoms with Crippen LogP contribution in [0.25, 0.3) is 0 Å². The molecule has 3 saturated heterocycles. The third-order valence-electron chi connectivity index (χ3n) is 9.04. The molecule has 4 atom stereocenters. The van der Waals surface area contributed by atoms with E-state index >= 15 is 0 Å². The second-order valence-corrected chi connectivity index (χ2v) is 19.4. The average Bonchev–Trinajstić information content (AvgIpc) is 3.67. The maximum absolute atomic E-state index is 12.2. The van der Waals surface area contributed by atoms with E-state index < -0.39 is 37.7 Å². The van der Waals surface area contributed by atoms with Gasteiger partial charge in [0, 0.05) is 16.8 Å². The molecule has 2 aromatic rings. The number of ether oxygens (including phenoxy) is 2. The molecule has 2 N–H and O–H groups in total. The molecule has 3 aliphatic heterocycles. The number of halogens is 1. The zero-order valence-corrected chi connectivity index (χ0v) is 31.7. The van der Waals surface area contributed by atoms with E-state index in [9.17, 15) is 16.8 Å². The lowest BCUT2D eigenvalue weighted by Crippen LogP contribution is -2.41. The summed E-state index contributed by atoms with van der Waals surface area (Å²) in [4.78, 5) is 0. The van der Waals surface area contributed by atoms with Crippen molar-refractivity contribution < 1.29 is 35.6 Å². The molecule has 0 aromatic heterocycles. The minimum absolute atomic E-state index is 0.174. The van der Waals surface area contributed by atoms with Gasteiger partial charge in [0.2, 0.25) is 20.0 Å². The average molecular weight is 791 g/mol. The lowest BCUT2D eigenvalue weighted by molar-refractivity contribution is 0.00578. The standard InChI is InChI=1S/C19H30BNO5S.C13H18INO3S/c1-13(2)27(22,23)21-16-11-12-24-17(16)14-7-9-15(10-8-14)20-25-18(3,4)19(5,6)26-20;1-9(2)19(16,17)15-12-7-8-18-13(12)10-3-5-11(14)6-4-10/h7-10,13,16-17,21H,11-12H2,1-6H3;3-6,9,12-13,15H,7-8H2,1-2H3/t16-,17-;12-,13-/m11/s1. The molecule has 14 heteroatoms. The highest BCUT2D eigenvalue weighted by Gasteiger charge is 2.51. The van der Waals surface area contributed by atoms with Crippen molar-refractivity contribution in [3.63, 3.8) is 0 Å². The highest BCUT2D eigenvalue weighted by molar-refractivity contribution is 14.1. The molecule has 0 amide bonds. The normalized spacial score (nSPS) is 26.0. The maximum Gasteiger partial charge on any atom is 0.494 e. The number of sulfonamides is 2. The van der Waals surface area contributed by atoms with Crippen LogP contribution >= 0.6 is 22.6 Å². The topological polar surface area (TPSA) is 129 Å². The molecule has 46 heavy (non-hydrogen) atoms. The summed E-state index contributed by atoms with van der Waals surface area (Å²) < 4.78 is 78.7. The maximum atomic E-state index is 12.2. The predicted molar refractivity (Wildman–Crippen MR) is 190 cm³/mol. The summed E-state index contributed by atoms with van der Waals surface area (Å²) in [6.45, 7) is 15.9. The van der Waals surface area contributed by atoms with Gasteiger partial charge in [-0.2, -0.15) is 0 Å². The van der Waals surface area contributed by atoms with E-state index in [4.69, 9.17) is 18.8 Å². The van der Waals surface area contributed by atoms with Crippen LogP contribution < -0.4 is 14.9 Å². The number of hydrogen-bond acceptors (Lipinski definition) is 8. The van der Waals surface area contributed by atoms with Gasteiger partial charge < -0.3 is 18.8 Å². The van der Waals surface area contributed by atoms with Crippen LogP contribution in [0.4, 0.5) is 0 Å². The quantitative estimate of drug-likeness (QED) is 0.279. The first-order chi connectivity index (χ1) is 21.3. The Hall–Kier alpha value is -1.11. The van der Waals surface area contributed by atoms with E-state index in [0.29, 0.717) is 26.1 Å². The fourth-order valence-electron chi connectivity index (χ4n) is 5.25. The number of benzene rings is 2. The highest BCUT2D eigenvalue weighted by Crippen LogP contribution is 2.37. The molecule has 0 bridgehead atoms. The molecule has 5 rings (SSSR count). The van der Waals surface area contributed by atoms with Gasteiger partial charge in [0.1, 0.15) is 0 Å². The fourth-order valence-corrected chi connectivity index (χ4v) is 7.48. The van der Waals surface area contributed by atoms with E-state index in [2.05, 4.69) is 32.0 Å². The van der Waals surface area contributed by atoms with Crippen LogP contribution in [-0.2, 0) is 38.8 Å². The van der Waals surface area contributed by atoms with Gasteiger partial charge in [-0.25, -0.2) is 26.3 Å². The molecule has 0 spiro atoms. The van der Waals surface area contributed by atoms with Crippen molar-refractivity contribution in [1.29, 1.82) is 0 Å². The van der Waals surface area contributed by atoms with Crippen LogP contribution in [0.5, 0.6) is 0 Å². The van der Waals surface area contributed by atoms with Gasteiger partial charge in [-0.15, -0.1) is 0 Å². The third-order valence-corrected chi connectivity index (χ3v) is 13.5. The molecule has 3 fully saturated rings. The molecular weight excluding hydrogens is 742 g/mol. The number of rotatable bonds is 9. The fraction of sp³-hybridized carbons (Fsp3) is 0.625. The van der Waals surface area contributed by atoms with Gasteiger partial charge in [-0.3, -0.25) is 0 Å². The summed E-state index contributed by atoms with van der Waals surface area (Å²) in [6, 6.07) is 15.4. The lowest BCUT2D eigenvalue weighted by atomic mass is 9.78. The molecule has 3 heterocycles. The first-order valence-electron chi connectivity index (χ1n) is 15.8. The van der Waals surface area contributed by atoms with Gasteiger partial charge >= 0.3 is 7.12 Å². The van der Waals surface area contributed by atoms with Crippen LogP contribution in [0.15, 0.2) is 48.5 Å². The van der Waals surface area contributed by atoms with Crippen molar-refractivity contribution in [3.05, 3.63) is 63.2 Å². The largest absolute Gasteiger partial charge is 0.494 e. The van der Waals surface area contributed by atoms with Crippen molar-refractivity contribution in [2.75, 3.05) is 13.2 Å². The Kier molecular flexibility index (Phi) is 12.1. The summed E-state index contributed by atoms with van der Waals surface area (Å²) in [6.07, 6.45) is 0.898. The van der Waals surface area contributed by atoms with E-state index in [1.807, 2.05) is 76.2 Å². The molecule has 0 aliphatic carbocycles. The minimum atomic E-state index is -3.34. The Balaban J connectivity index is 0.000000222. The number of nitrogens with one attached hydrogen (secondary N) is 2. The van der Waals surface area contributed by atoms with Gasteiger partial charge in [0.05, 0.1) is 46.0 Å². The molecule has 10 nitrogen and oxygen atoms in total. The molecule has 0 unspecified atom stereocenters. The van der Waals surface area contributed by atoms with Crippen molar-refractivity contribution in [2.45, 2.75) is 114 Å². The van der Waals surface area contributed by atoms with Crippen molar-refractivity contribution in [2.24, 2.45) is 0 Å². The SMILES string of the molecule is CC(C)S(=O)(=O)N[C@@H]1CCO[C@@H]1c1ccc(B2OC(C)(C)C(C)(C)O2)cc1.CC(C)S(=O)(=O)N[C@@H]1CCO[C@@H]1c1ccc(I)cc1. The van der Waals surface area contributed by atoms with Gasteiger partial charge in [0.25, 0.3) is 0 Å². The zero-order chi connectivity index (χ0) is 34.1. The van der Waals surface area contributed by atoms with Gasteiger partial charge in [-0.1, -0.05) is 36.4 Å². The van der Waals surface area contributed by atoms with E-state index in [0.717, 1.165) is 20.2 Å². The summed E-state index contributed by atoms with van der Waals surface area (Å²) in [5, 5.41) is -0.894. The summed E-state index contributed by atoms with van der Waals surface area (Å²) >= 11 is 2.24. The van der Waals surface area contributed by atoms with Crippen LogP contribution in [0.3, 0.4) is 0 Å². The number of hydrogen-bond donors (Lipinski definition) is 2. The Morgan fingerprint density at radius 2 is 1.07 bits per heavy atom. The van der Waals surface area contributed by atoms with E-state index in [1.165, 1.54) is 0 Å². The van der Waals surface area contributed by atoms with Gasteiger partial charge in [0.15, 0.2) is 0 Å². The van der Waals surface area contributed by atoms with Crippen molar-refractivity contribution >= 4 is 55.2 Å². The summed E-state index contributed by atoms with van der Waals surface area (Å²) in [5.74, 6) is 0. The molecular formula is C32H48BIN2O8S2. The van der Waals surface area contributed by atoms with Crippen LogP contribution in [0.1, 0.15) is 91.6 Å². The Morgan fingerprint density at radius 3 is 1.43 bits per heavy atom. The third kappa shape index (κ3) is 8.92. The van der Waals surface area contributed by atoms with Crippen LogP contribution in [-0.4, -0.2) is 71.0 Å². The summed E-state index contributed by atoms with van der Waals surface area (Å²) in [7, 11) is -7.02. The highest BCUT2D eigenvalue weighted by atomic mass is 127. The first kappa shape index (κ1) is 37.7. The monoisotopic (exact) mass is 790 g/mol. The Bertz CT molecular complexity index is 1520. The van der Waals surface area contributed by atoms with Crippen LogP contribution in [0.2, 0.25) is 0 Å². The van der Waals surface area contributed by atoms with E-state index in [1.54, 1.807) is 27.7 Å². The minimum Gasteiger partial charge on any atom is -0.399 e. The molecule has 0 saturated carbocycles. The van der Waals surface area contributed by atoms with Crippen molar-refractivity contribution in [1.82, 2.24) is 9.44 Å². The lowest BCUT2D eigenvalue weighted by Gasteiger charge is -2.32. The first-order valence-corrected chi connectivity index (χ1v) is 20.0. The Labute approximate surface area is 289 Å². The smallest absolute Gasteiger partial charge is 0.399 e. The second-order valence-electron chi connectivity index (χ2n) is 13.6. The Morgan fingerprint density at radius 1 is 0.696 bits per heavy atom. The molecule has 3 aliphatic rings. The second kappa shape index (κ2) is 14.8. The molecule has 2 aromatic carbocycles. The van der Waals surface area contributed by atoms with Crippen molar-refractivity contribution in [3.8, 4) is 0 Å². The zero-order valence-electron chi connectivity index (χ0n) is 27.9. The van der Waals surface area contributed by atoms with Gasteiger partial charge in [-0.05, 0) is 120 Å². The summed E-state index contributed by atoms with van der Waals surface area (Å²) in [5.41, 5.74) is 2.14.